The predicted molar refractivity (Wildman–Crippen MR) is 76.9 cm³/mol. The van der Waals surface area contributed by atoms with Crippen LogP contribution in [-0.4, -0.2) is 54.3 Å². The van der Waals surface area contributed by atoms with E-state index in [0.29, 0.717) is 11.9 Å². The maximum absolute atomic E-state index is 13.8. The summed E-state index contributed by atoms with van der Waals surface area (Å²) in [6, 6.07) is 3.57. The maximum atomic E-state index is 13.8. The molecule has 2 aromatic rings. The van der Waals surface area contributed by atoms with Crippen molar-refractivity contribution in [1.29, 1.82) is 5.26 Å². The van der Waals surface area contributed by atoms with Crippen LogP contribution in [0.4, 0.5) is 4.39 Å². The number of rotatable bonds is 3. The Labute approximate surface area is 127 Å². The Bertz CT molecular complexity index is 746. The van der Waals surface area contributed by atoms with Gasteiger partial charge in [-0.25, -0.2) is 9.37 Å². The van der Waals surface area contributed by atoms with E-state index in [-0.39, 0.29) is 29.2 Å². The van der Waals surface area contributed by atoms with E-state index in [1.807, 2.05) is 13.1 Å². The summed E-state index contributed by atoms with van der Waals surface area (Å²) in [5.74, 6) is -0.416. The van der Waals surface area contributed by atoms with E-state index in [9.17, 15) is 9.65 Å². The van der Waals surface area contributed by atoms with Crippen molar-refractivity contribution in [3.63, 3.8) is 0 Å². The van der Waals surface area contributed by atoms with Crippen molar-refractivity contribution in [2.75, 3.05) is 27.2 Å². The molecule has 1 aliphatic rings. The molecule has 0 bridgehead atoms. The number of aromatic nitrogens is 2. The van der Waals surface area contributed by atoms with Gasteiger partial charge in [-0.3, -0.25) is 9.88 Å². The highest BCUT2D eigenvalue weighted by atomic mass is 19.1. The Hall–Kier alpha value is -2.30. The third-order valence-corrected chi connectivity index (χ3v) is 3.73. The van der Waals surface area contributed by atoms with Crippen LogP contribution in [0.1, 0.15) is 5.56 Å². The first-order valence-electron chi connectivity index (χ1n) is 6.84. The summed E-state index contributed by atoms with van der Waals surface area (Å²) in [5, 5.41) is 9.74. The van der Waals surface area contributed by atoms with Gasteiger partial charge in [0.2, 0.25) is 5.88 Å². The molecule has 3 rings (SSSR count). The number of halogens is 1. The standard InChI is InChI=1S/C15H15FN4O2/c1-20-7-12(21-2)13(8-20)22-15-9(4-17)3-10-5-18-6-11(16)14(10)19-15/h3,5-6,12-13H,7-8H2,1-2H3/t12-,13-/m1/s1. The molecule has 0 spiro atoms. The van der Waals surface area contributed by atoms with Gasteiger partial charge >= 0.3 is 0 Å². The van der Waals surface area contributed by atoms with Gasteiger partial charge in [-0.15, -0.1) is 0 Å². The fraction of sp³-hybridized carbons (Fsp3) is 0.400. The van der Waals surface area contributed by atoms with Crippen molar-refractivity contribution in [3.05, 3.63) is 29.8 Å². The molecule has 1 fully saturated rings. The van der Waals surface area contributed by atoms with Crippen molar-refractivity contribution < 1.29 is 13.9 Å². The second-order valence-corrected chi connectivity index (χ2v) is 5.30. The van der Waals surface area contributed by atoms with Gasteiger partial charge in [0.15, 0.2) is 5.82 Å². The highest BCUT2D eigenvalue weighted by Gasteiger charge is 2.33. The highest BCUT2D eigenvalue weighted by Crippen LogP contribution is 2.26. The molecule has 114 valence electrons. The topological polar surface area (TPSA) is 71.3 Å². The van der Waals surface area contributed by atoms with Crippen LogP contribution in [0.2, 0.25) is 0 Å². The normalized spacial score (nSPS) is 21.9. The number of hydrogen-bond acceptors (Lipinski definition) is 6. The van der Waals surface area contributed by atoms with E-state index in [2.05, 4.69) is 14.9 Å². The third kappa shape index (κ3) is 2.58. The molecule has 6 nitrogen and oxygen atoms in total. The lowest BCUT2D eigenvalue weighted by Gasteiger charge is -2.19. The van der Waals surface area contributed by atoms with Crippen LogP contribution in [0.3, 0.4) is 0 Å². The molecule has 0 aromatic carbocycles. The van der Waals surface area contributed by atoms with E-state index < -0.39 is 5.82 Å². The fourth-order valence-electron chi connectivity index (χ4n) is 2.62. The minimum absolute atomic E-state index is 0.115. The number of pyridine rings is 2. The Morgan fingerprint density at radius 1 is 1.36 bits per heavy atom. The zero-order valence-corrected chi connectivity index (χ0v) is 12.3. The van der Waals surface area contributed by atoms with Gasteiger partial charge in [0, 0.05) is 31.8 Å². The predicted octanol–water partition coefficient (Wildman–Crippen LogP) is 1.35. The molecule has 0 aliphatic carbocycles. The van der Waals surface area contributed by atoms with Crippen molar-refractivity contribution in [3.8, 4) is 11.9 Å². The van der Waals surface area contributed by atoms with Gasteiger partial charge in [-0.05, 0) is 13.1 Å². The molecule has 1 saturated heterocycles. The summed E-state index contributed by atoms with van der Waals surface area (Å²) in [4.78, 5) is 10.00. The quantitative estimate of drug-likeness (QED) is 0.852. The lowest BCUT2D eigenvalue weighted by molar-refractivity contribution is 0.0321. The molecule has 0 N–H and O–H groups in total. The summed E-state index contributed by atoms with van der Waals surface area (Å²) in [7, 11) is 3.57. The fourth-order valence-corrected chi connectivity index (χ4v) is 2.62. The molecule has 0 saturated carbocycles. The van der Waals surface area contributed by atoms with Gasteiger partial charge in [0.05, 0.1) is 6.20 Å². The van der Waals surface area contributed by atoms with Crippen molar-refractivity contribution in [2.24, 2.45) is 0 Å². The lowest BCUT2D eigenvalue weighted by Crippen LogP contribution is -2.32. The van der Waals surface area contributed by atoms with Crippen molar-refractivity contribution >= 4 is 10.9 Å². The van der Waals surface area contributed by atoms with Gasteiger partial charge in [-0.2, -0.15) is 5.26 Å². The van der Waals surface area contributed by atoms with Crippen LogP contribution in [0.5, 0.6) is 5.88 Å². The van der Waals surface area contributed by atoms with E-state index >= 15 is 0 Å². The van der Waals surface area contributed by atoms with Gasteiger partial charge in [0.1, 0.15) is 29.4 Å². The van der Waals surface area contributed by atoms with Crippen molar-refractivity contribution in [2.45, 2.75) is 12.2 Å². The largest absolute Gasteiger partial charge is 0.469 e. The molecule has 22 heavy (non-hydrogen) atoms. The summed E-state index contributed by atoms with van der Waals surface area (Å²) >= 11 is 0. The SMILES string of the molecule is CO[C@@H]1CN(C)C[C@H]1Oc1nc2c(F)cncc2cc1C#N. The zero-order valence-electron chi connectivity index (χ0n) is 12.3. The molecule has 7 heteroatoms. The molecule has 2 atom stereocenters. The first kappa shape index (κ1) is 14.6. The van der Waals surface area contributed by atoms with Crippen LogP contribution in [0.25, 0.3) is 10.9 Å². The number of nitriles is 1. The van der Waals surface area contributed by atoms with Crippen LogP contribution < -0.4 is 4.74 Å². The second kappa shape index (κ2) is 5.83. The average molecular weight is 302 g/mol. The molecule has 0 amide bonds. The zero-order chi connectivity index (χ0) is 15.7. The summed E-state index contributed by atoms with van der Waals surface area (Å²) in [6.45, 7) is 1.39. The van der Waals surface area contributed by atoms with Gasteiger partial charge in [-0.1, -0.05) is 0 Å². The number of likely N-dealkylation sites (tertiary alicyclic amines) is 1. The van der Waals surface area contributed by atoms with E-state index in [1.54, 1.807) is 7.11 Å². The molecular weight excluding hydrogens is 287 g/mol. The Morgan fingerprint density at radius 3 is 2.86 bits per heavy atom. The first-order chi connectivity index (χ1) is 10.6. The van der Waals surface area contributed by atoms with Crippen LogP contribution in [-0.2, 0) is 4.74 Å². The minimum Gasteiger partial charge on any atom is -0.469 e. The minimum atomic E-state index is -0.543. The van der Waals surface area contributed by atoms with E-state index in [4.69, 9.17) is 9.47 Å². The summed E-state index contributed by atoms with van der Waals surface area (Å²) < 4.78 is 25.1. The molecular formula is C15H15FN4O2. The Balaban J connectivity index is 1.99. The van der Waals surface area contributed by atoms with E-state index in [1.165, 1.54) is 12.3 Å². The number of nitrogens with zero attached hydrogens (tertiary/aromatic N) is 4. The molecule has 1 aliphatic heterocycles. The number of fused-ring (bicyclic) bond motifs is 1. The summed E-state index contributed by atoms with van der Waals surface area (Å²) in [5.41, 5.74) is 0.397. The monoisotopic (exact) mass is 302 g/mol. The number of likely N-dealkylation sites (N-methyl/N-ethyl adjacent to an activating group) is 1. The number of methoxy groups -OCH3 is 1. The van der Waals surface area contributed by atoms with Crippen molar-refractivity contribution in [1.82, 2.24) is 14.9 Å². The highest BCUT2D eigenvalue weighted by molar-refractivity contribution is 5.80. The molecule has 0 radical (unpaired) electrons. The number of hydrogen-bond donors (Lipinski definition) is 0. The molecule has 0 unspecified atom stereocenters. The van der Waals surface area contributed by atoms with Gasteiger partial charge < -0.3 is 9.47 Å². The first-order valence-corrected chi connectivity index (χ1v) is 6.84. The Morgan fingerprint density at radius 2 is 2.14 bits per heavy atom. The molecule has 3 heterocycles. The maximum Gasteiger partial charge on any atom is 0.232 e. The smallest absolute Gasteiger partial charge is 0.232 e. The van der Waals surface area contributed by atoms with E-state index in [0.717, 1.165) is 12.7 Å². The molecule has 2 aromatic heterocycles. The summed E-state index contributed by atoms with van der Waals surface area (Å²) in [6.07, 6.45) is 2.19. The van der Waals surface area contributed by atoms with Crippen LogP contribution in [0, 0.1) is 17.1 Å². The van der Waals surface area contributed by atoms with Crippen LogP contribution >= 0.6 is 0 Å². The second-order valence-electron chi connectivity index (χ2n) is 5.30. The third-order valence-electron chi connectivity index (χ3n) is 3.73. The number of ether oxygens (including phenoxy) is 2. The van der Waals surface area contributed by atoms with Gasteiger partial charge in [0.25, 0.3) is 0 Å². The average Bonchev–Trinajstić information content (AvgIpc) is 2.87. The lowest BCUT2D eigenvalue weighted by atomic mass is 10.2. The Kier molecular flexibility index (Phi) is 3.88. The van der Waals surface area contributed by atoms with Crippen LogP contribution in [0.15, 0.2) is 18.5 Å².